The van der Waals surface area contributed by atoms with Gasteiger partial charge >= 0.3 is 0 Å². The third-order valence-corrected chi connectivity index (χ3v) is 9.02. The molecule has 3 aromatic rings. The fraction of sp³-hybridized carbons (Fsp3) is 0.591. The van der Waals surface area contributed by atoms with Crippen molar-refractivity contribution in [2.24, 2.45) is 0 Å². The molecule has 1 aliphatic carbocycles. The molecule has 0 N–H and O–H groups in total. The van der Waals surface area contributed by atoms with Crippen LogP contribution in [0.2, 0.25) is 0 Å². The standard InChI is InChI=1S/C22H27N3O2S3/c1-2-6-18-23-14(12-28-18)13-29-22-24-20-19(16-8-3-4-9-17(16)30-20)21(26)25(22)11-15-7-5-10-27-15/h12,15H,2-11,13H2,1H3. The van der Waals surface area contributed by atoms with Gasteiger partial charge in [0.05, 0.1) is 28.7 Å². The summed E-state index contributed by atoms with van der Waals surface area (Å²) in [4.78, 5) is 25.7. The second-order valence-corrected chi connectivity index (χ2v) is 11.1. The van der Waals surface area contributed by atoms with Crippen LogP contribution in [0.25, 0.3) is 10.2 Å². The lowest BCUT2D eigenvalue weighted by molar-refractivity contribution is 0.0937. The summed E-state index contributed by atoms with van der Waals surface area (Å²) < 4.78 is 7.75. The smallest absolute Gasteiger partial charge is 0.263 e. The van der Waals surface area contributed by atoms with Crippen LogP contribution in [0.4, 0.5) is 0 Å². The highest BCUT2D eigenvalue weighted by Crippen LogP contribution is 2.35. The molecule has 0 saturated carbocycles. The van der Waals surface area contributed by atoms with Crippen molar-refractivity contribution in [3.05, 3.63) is 36.9 Å². The monoisotopic (exact) mass is 461 g/mol. The summed E-state index contributed by atoms with van der Waals surface area (Å²) in [5.41, 5.74) is 2.47. The van der Waals surface area contributed by atoms with E-state index < -0.39 is 0 Å². The summed E-state index contributed by atoms with van der Waals surface area (Å²) in [5.74, 6) is 0.745. The Morgan fingerprint density at radius 3 is 3.00 bits per heavy atom. The zero-order valence-corrected chi connectivity index (χ0v) is 19.8. The number of rotatable bonds is 7. The molecule has 2 aliphatic rings. The van der Waals surface area contributed by atoms with Crippen LogP contribution in [0.3, 0.4) is 0 Å². The molecule has 1 atom stereocenters. The number of aryl methyl sites for hydroxylation is 3. The number of thioether (sulfide) groups is 1. The van der Waals surface area contributed by atoms with Crippen molar-refractivity contribution in [2.75, 3.05) is 6.61 Å². The number of thiazole rings is 1. The molecule has 8 heteroatoms. The Morgan fingerprint density at radius 1 is 1.27 bits per heavy atom. The fourth-order valence-electron chi connectivity index (χ4n) is 4.37. The maximum Gasteiger partial charge on any atom is 0.263 e. The zero-order chi connectivity index (χ0) is 20.5. The number of hydrogen-bond donors (Lipinski definition) is 0. The fourth-order valence-corrected chi connectivity index (χ4v) is 7.57. The van der Waals surface area contributed by atoms with Gasteiger partial charge in [-0.2, -0.15) is 0 Å². The van der Waals surface area contributed by atoms with E-state index in [0.29, 0.717) is 6.54 Å². The molecule has 30 heavy (non-hydrogen) atoms. The van der Waals surface area contributed by atoms with Crippen molar-refractivity contribution >= 4 is 44.7 Å². The third-order valence-electron chi connectivity index (χ3n) is 5.86. The second kappa shape index (κ2) is 9.10. The van der Waals surface area contributed by atoms with Gasteiger partial charge in [0, 0.05) is 22.6 Å². The highest BCUT2D eigenvalue weighted by molar-refractivity contribution is 7.98. The number of fused-ring (bicyclic) bond motifs is 3. The van der Waals surface area contributed by atoms with Crippen LogP contribution >= 0.6 is 34.4 Å². The predicted octanol–water partition coefficient (Wildman–Crippen LogP) is 5.22. The van der Waals surface area contributed by atoms with Gasteiger partial charge in [-0.25, -0.2) is 9.97 Å². The molecule has 0 spiro atoms. The summed E-state index contributed by atoms with van der Waals surface area (Å²) in [6, 6.07) is 0. The molecule has 1 unspecified atom stereocenters. The largest absolute Gasteiger partial charge is 0.376 e. The van der Waals surface area contributed by atoms with Crippen molar-refractivity contribution in [2.45, 2.75) is 81.8 Å². The van der Waals surface area contributed by atoms with Crippen molar-refractivity contribution in [3.63, 3.8) is 0 Å². The number of hydrogen-bond acceptors (Lipinski definition) is 7. The highest BCUT2D eigenvalue weighted by atomic mass is 32.2. The molecular weight excluding hydrogens is 434 g/mol. The van der Waals surface area contributed by atoms with Crippen molar-refractivity contribution in [1.29, 1.82) is 0 Å². The van der Waals surface area contributed by atoms with Gasteiger partial charge in [0.25, 0.3) is 5.56 Å². The maximum atomic E-state index is 13.6. The Kier molecular flexibility index (Phi) is 6.27. The van der Waals surface area contributed by atoms with Crippen molar-refractivity contribution in [1.82, 2.24) is 14.5 Å². The van der Waals surface area contributed by atoms with Crippen LogP contribution in [0.5, 0.6) is 0 Å². The van der Waals surface area contributed by atoms with Crippen LogP contribution in [-0.2, 0) is 36.3 Å². The predicted molar refractivity (Wildman–Crippen MR) is 125 cm³/mol. The van der Waals surface area contributed by atoms with Gasteiger partial charge in [0.2, 0.25) is 0 Å². The molecule has 160 valence electrons. The van der Waals surface area contributed by atoms with Crippen LogP contribution in [-0.4, -0.2) is 27.2 Å². The summed E-state index contributed by atoms with van der Waals surface area (Å²) in [6.07, 6.45) is 8.84. The van der Waals surface area contributed by atoms with Gasteiger partial charge in [-0.15, -0.1) is 22.7 Å². The lowest BCUT2D eigenvalue weighted by Gasteiger charge is -2.16. The van der Waals surface area contributed by atoms with E-state index in [9.17, 15) is 4.79 Å². The van der Waals surface area contributed by atoms with Crippen molar-refractivity contribution in [3.8, 4) is 0 Å². The second-order valence-electron chi connectivity index (χ2n) is 8.11. The normalized spacial score (nSPS) is 18.9. The molecule has 1 aliphatic heterocycles. The van der Waals surface area contributed by atoms with Gasteiger partial charge in [0.1, 0.15) is 4.83 Å². The van der Waals surface area contributed by atoms with Crippen molar-refractivity contribution < 1.29 is 4.74 Å². The minimum Gasteiger partial charge on any atom is -0.376 e. The lowest BCUT2D eigenvalue weighted by Crippen LogP contribution is -2.29. The maximum absolute atomic E-state index is 13.6. The van der Waals surface area contributed by atoms with E-state index in [1.54, 1.807) is 34.4 Å². The van der Waals surface area contributed by atoms with Crippen LogP contribution < -0.4 is 5.56 Å². The van der Waals surface area contributed by atoms with Gasteiger partial charge in [0.15, 0.2) is 5.16 Å². The molecule has 5 rings (SSSR count). The minimum absolute atomic E-state index is 0.117. The Morgan fingerprint density at radius 2 is 2.17 bits per heavy atom. The lowest BCUT2D eigenvalue weighted by atomic mass is 9.97. The van der Waals surface area contributed by atoms with E-state index in [4.69, 9.17) is 14.7 Å². The Hall–Kier alpha value is -1.22. The molecule has 5 nitrogen and oxygen atoms in total. The van der Waals surface area contributed by atoms with Crippen LogP contribution in [0.15, 0.2) is 15.3 Å². The first-order chi connectivity index (χ1) is 14.7. The summed E-state index contributed by atoms with van der Waals surface area (Å²) >= 11 is 5.10. The van der Waals surface area contributed by atoms with E-state index in [1.165, 1.54) is 28.3 Å². The first kappa shape index (κ1) is 20.7. The molecule has 0 amide bonds. The molecule has 4 heterocycles. The minimum atomic E-state index is 0.117. The Labute approximate surface area is 188 Å². The Bertz CT molecular complexity index is 1100. The van der Waals surface area contributed by atoms with Gasteiger partial charge < -0.3 is 4.74 Å². The quantitative estimate of drug-likeness (QED) is 0.357. The zero-order valence-electron chi connectivity index (χ0n) is 17.3. The summed E-state index contributed by atoms with van der Waals surface area (Å²) in [7, 11) is 0. The van der Waals surface area contributed by atoms with E-state index in [1.807, 2.05) is 4.57 Å². The third kappa shape index (κ3) is 4.11. The molecular formula is C22H27N3O2S3. The SMILES string of the molecule is CCCc1nc(CSc2nc3sc4c(c3c(=O)n2CC2CCCO2)CCCC4)cs1. The van der Waals surface area contributed by atoms with Gasteiger partial charge in [-0.05, 0) is 56.9 Å². The highest BCUT2D eigenvalue weighted by Gasteiger charge is 2.25. The summed E-state index contributed by atoms with van der Waals surface area (Å²) in [5, 5.41) is 5.02. The van der Waals surface area contributed by atoms with E-state index >= 15 is 0 Å². The molecule has 1 fully saturated rings. The number of aromatic nitrogens is 3. The first-order valence-corrected chi connectivity index (χ1v) is 13.6. The average molecular weight is 462 g/mol. The molecule has 0 radical (unpaired) electrons. The number of nitrogens with zero attached hydrogens (tertiary/aromatic N) is 3. The van der Waals surface area contributed by atoms with Gasteiger partial charge in [-0.3, -0.25) is 9.36 Å². The van der Waals surface area contributed by atoms with E-state index in [2.05, 4.69) is 12.3 Å². The van der Waals surface area contributed by atoms with Crippen LogP contribution in [0, 0.1) is 0 Å². The summed E-state index contributed by atoms with van der Waals surface area (Å²) in [6.45, 7) is 3.58. The first-order valence-electron chi connectivity index (χ1n) is 11.0. The topological polar surface area (TPSA) is 57.0 Å². The van der Waals surface area contributed by atoms with Crippen LogP contribution in [0.1, 0.15) is 60.2 Å². The van der Waals surface area contributed by atoms with E-state index in [-0.39, 0.29) is 11.7 Å². The number of ether oxygens (including phenoxy) is 1. The Balaban J connectivity index is 1.50. The average Bonchev–Trinajstić information content (AvgIpc) is 3.48. The molecule has 1 saturated heterocycles. The molecule has 0 aromatic carbocycles. The molecule has 0 bridgehead atoms. The number of thiophene rings is 1. The molecule has 3 aromatic heterocycles. The van der Waals surface area contributed by atoms with E-state index in [0.717, 1.165) is 72.0 Å². The van der Waals surface area contributed by atoms with Gasteiger partial charge in [-0.1, -0.05) is 18.7 Å².